The first-order valence-electron chi connectivity index (χ1n) is 9.47. The van der Waals surface area contributed by atoms with Gasteiger partial charge in [0.05, 0.1) is 16.3 Å². The largest absolute Gasteiger partial charge is 0.458 e. The molecule has 1 aliphatic heterocycles. The van der Waals surface area contributed by atoms with Crippen LogP contribution >= 0.6 is 27.5 Å². The van der Waals surface area contributed by atoms with Crippen LogP contribution in [0.3, 0.4) is 0 Å². The summed E-state index contributed by atoms with van der Waals surface area (Å²) >= 11 is 9.32. The molecule has 1 aliphatic rings. The van der Waals surface area contributed by atoms with E-state index in [2.05, 4.69) is 25.9 Å². The Bertz CT molecular complexity index is 1250. The number of carbonyl (C=O) groups is 1. The zero-order valence-electron chi connectivity index (χ0n) is 16.3. The number of fused-ring (bicyclic) bond motifs is 1. The topological polar surface area (TPSA) is 76.8 Å². The van der Waals surface area contributed by atoms with Crippen molar-refractivity contribution in [2.75, 3.05) is 11.4 Å². The first-order chi connectivity index (χ1) is 15.1. The van der Waals surface area contributed by atoms with Crippen LogP contribution in [0, 0.1) is 0 Å². The van der Waals surface area contributed by atoms with Gasteiger partial charge in [0, 0.05) is 29.5 Å². The molecule has 32 heavy (non-hydrogen) atoms. The number of pyridine rings is 2. The first kappa shape index (κ1) is 22.5. The normalized spacial score (nSPS) is 16.5. The van der Waals surface area contributed by atoms with Gasteiger partial charge in [0.25, 0.3) is 5.56 Å². The number of rotatable bonds is 4. The van der Waals surface area contributed by atoms with Crippen molar-refractivity contribution >= 4 is 45.0 Å². The van der Waals surface area contributed by atoms with Crippen molar-refractivity contribution in [2.45, 2.75) is 31.7 Å². The lowest BCUT2D eigenvalue weighted by Gasteiger charge is -2.25. The minimum absolute atomic E-state index is 0.0896. The van der Waals surface area contributed by atoms with Crippen LogP contribution in [0.2, 0.25) is 5.02 Å². The van der Waals surface area contributed by atoms with Crippen molar-refractivity contribution < 1.29 is 22.7 Å². The molecule has 1 fully saturated rings. The van der Waals surface area contributed by atoms with E-state index in [1.54, 1.807) is 18.3 Å². The summed E-state index contributed by atoms with van der Waals surface area (Å²) in [7, 11) is 0. The Kier molecular flexibility index (Phi) is 6.13. The third kappa shape index (κ3) is 4.58. The third-order valence-electron chi connectivity index (χ3n) is 4.98. The number of esters is 1. The first-order valence-corrected chi connectivity index (χ1v) is 10.6. The highest BCUT2D eigenvalue weighted by Gasteiger charge is 2.36. The number of carbonyl (C=O) groups excluding carboxylic acids is 1. The fraction of sp³-hybridized carbons (Fsp3) is 0.300. The number of alkyl halides is 3. The van der Waals surface area contributed by atoms with E-state index in [1.165, 1.54) is 15.4 Å². The molecule has 1 saturated heterocycles. The van der Waals surface area contributed by atoms with E-state index in [4.69, 9.17) is 16.3 Å². The highest BCUT2D eigenvalue weighted by molar-refractivity contribution is 9.10. The Labute approximate surface area is 192 Å². The third-order valence-corrected chi connectivity index (χ3v) is 5.73. The molecule has 1 atom stereocenters. The van der Waals surface area contributed by atoms with Crippen molar-refractivity contribution in [1.29, 1.82) is 0 Å². The van der Waals surface area contributed by atoms with Crippen LogP contribution in [0.15, 0.2) is 45.9 Å². The summed E-state index contributed by atoms with van der Waals surface area (Å²) in [5.74, 6) is -0.509. The summed E-state index contributed by atoms with van der Waals surface area (Å²) in [6, 6.07) is 4.68. The van der Waals surface area contributed by atoms with Crippen molar-refractivity contribution in [2.24, 2.45) is 0 Å². The van der Waals surface area contributed by atoms with E-state index in [9.17, 15) is 22.8 Å². The molecule has 0 N–H and O–H groups in total. The van der Waals surface area contributed by atoms with E-state index in [0.29, 0.717) is 35.7 Å². The number of hydrogen-bond donors (Lipinski definition) is 0. The van der Waals surface area contributed by atoms with Gasteiger partial charge >= 0.3 is 12.1 Å². The fourth-order valence-electron chi connectivity index (χ4n) is 3.50. The molecule has 3 aromatic heterocycles. The fourth-order valence-corrected chi connectivity index (χ4v) is 4.12. The maximum absolute atomic E-state index is 12.9. The molecule has 0 radical (unpaired) electrons. The number of aromatic nitrogens is 3. The summed E-state index contributed by atoms with van der Waals surface area (Å²) in [5, 5.41) is -0.199. The van der Waals surface area contributed by atoms with Gasteiger partial charge in [-0.1, -0.05) is 11.6 Å². The number of ether oxygens (including phenoxy) is 1. The summed E-state index contributed by atoms with van der Waals surface area (Å²) in [4.78, 5) is 34.7. The van der Waals surface area contributed by atoms with Gasteiger partial charge in [-0.25, -0.2) is 14.8 Å². The van der Waals surface area contributed by atoms with E-state index >= 15 is 0 Å². The van der Waals surface area contributed by atoms with Crippen molar-refractivity contribution in [3.8, 4) is 0 Å². The minimum Gasteiger partial charge on any atom is -0.458 e. The second kappa shape index (κ2) is 8.70. The van der Waals surface area contributed by atoms with E-state index in [1.807, 2.05) is 0 Å². The van der Waals surface area contributed by atoms with Crippen molar-refractivity contribution in [3.63, 3.8) is 0 Å². The van der Waals surface area contributed by atoms with Crippen molar-refractivity contribution in [3.05, 3.63) is 67.8 Å². The predicted octanol–water partition coefficient (Wildman–Crippen LogP) is 4.24. The molecule has 0 bridgehead atoms. The lowest BCUT2D eigenvalue weighted by atomic mass is 10.2. The Balaban J connectivity index is 1.49. The molecule has 168 valence electrons. The zero-order chi connectivity index (χ0) is 23.0. The number of anilines is 1. The summed E-state index contributed by atoms with van der Waals surface area (Å²) < 4.78 is 46.0. The molecule has 0 aromatic carbocycles. The Morgan fingerprint density at radius 3 is 2.81 bits per heavy atom. The molecule has 4 heterocycles. The van der Waals surface area contributed by atoms with Crippen LogP contribution in [-0.4, -0.2) is 32.9 Å². The molecule has 12 heteroatoms. The SMILES string of the molecule is O=C(OCc1cc(=O)n2cc(Br)ccc2n1)C1CCCN1c1ncc(C(F)(F)F)cc1Cl. The van der Waals surface area contributed by atoms with Gasteiger partial charge in [-0.05, 0) is 47.0 Å². The molecular formula is C20H15BrClF3N4O3. The van der Waals surface area contributed by atoms with Crippen LogP contribution in [0.5, 0.6) is 0 Å². The van der Waals surface area contributed by atoms with Gasteiger partial charge < -0.3 is 9.64 Å². The van der Waals surface area contributed by atoms with Crippen LogP contribution < -0.4 is 10.5 Å². The Morgan fingerprint density at radius 1 is 1.31 bits per heavy atom. The van der Waals surface area contributed by atoms with Crippen molar-refractivity contribution in [1.82, 2.24) is 14.4 Å². The Hall–Kier alpha value is -2.66. The average Bonchev–Trinajstić information content (AvgIpc) is 3.21. The lowest BCUT2D eigenvalue weighted by Crippen LogP contribution is -2.38. The van der Waals surface area contributed by atoms with E-state index < -0.39 is 23.8 Å². The van der Waals surface area contributed by atoms with Gasteiger partial charge in [-0.3, -0.25) is 9.20 Å². The van der Waals surface area contributed by atoms with Gasteiger partial charge in [-0.15, -0.1) is 0 Å². The highest BCUT2D eigenvalue weighted by atomic mass is 79.9. The molecule has 0 amide bonds. The second-order valence-electron chi connectivity index (χ2n) is 7.15. The summed E-state index contributed by atoms with van der Waals surface area (Å²) in [5.41, 5.74) is -0.619. The minimum atomic E-state index is -4.57. The van der Waals surface area contributed by atoms with Gasteiger partial charge in [0.2, 0.25) is 0 Å². The molecule has 0 aliphatic carbocycles. The number of halogens is 5. The highest BCUT2D eigenvalue weighted by Crippen LogP contribution is 2.35. The second-order valence-corrected chi connectivity index (χ2v) is 8.47. The number of nitrogens with zero attached hydrogens (tertiary/aromatic N) is 4. The van der Waals surface area contributed by atoms with Gasteiger partial charge in [0.15, 0.2) is 0 Å². The van der Waals surface area contributed by atoms with E-state index in [0.717, 1.165) is 6.07 Å². The standard InChI is InChI=1S/C20H15BrClF3N4O3/c21-12-3-4-16-27-13(7-17(30)29(16)9-12)10-32-19(31)15-2-1-5-28(15)18-14(22)6-11(8-26-18)20(23,24)25/h3-4,6-9,15H,1-2,5,10H2. The average molecular weight is 532 g/mol. The summed E-state index contributed by atoms with van der Waals surface area (Å²) in [6.07, 6.45) is -1.26. The van der Waals surface area contributed by atoms with Crippen LogP contribution in [0.1, 0.15) is 24.1 Å². The quantitative estimate of drug-likeness (QED) is 0.469. The summed E-state index contributed by atoms with van der Waals surface area (Å²) in [6.45, 7) is 0.168. The lowest BCUT2D eigenvalue weighted by molar-refractivity contribution is -0.146. The Morgan fingerprint density at radius 2 is 2.09 bits per heavy atom. The smallest absolute Gasteiger partial charge is 0.417 e. The van der Waals surface area contributed by atoms with Gasteiger partial charge in [0.1, 0.15) is 24.1 Å². The molecule has 3 aromatic rings. The predicted molar refractivity (Wildman–Crippen MR) is 114 cm³/mol. The van der Waals surface area contributed by atoms with Crippen LogP contribution in [-0.2, 0) is 22.3 Å². The van der Waals surface area contributed by atoms with E-state index in [-0.39, 0.29) is 28.7 Å². The maximum Gasteiger partial charge on any atom is 0.417 e. The maximum atomic E-state index is 12.9. The zero-order valence-corrected chi connectivity index (χ0v) is 18.6. The molecule has 0 saturated carbocycles. The molecular weight excluding hydrogens is 517 g/mol. The monoisotopic (exact) mass is 530 g/mol. The number of hydrogen-bond acceptors (Lipinski definition) is 6. The molecule has 4 rings (SSSR count). The van der Waals surface area contributed by atoms with Gasteiger partial charge in [-0.2, -0.15) is 13.2 Å². The molecule has 7 nitrogen and oxygen atoms in total. The van der Waals surface area contributed by atoms with Crippen LogP contribution in [0.4, 0.5) is 19.0 Å². The van der Waals surface area contributed by atoms with Crippen LogP contribution in [0.25, 0.3) is 5.65 Å². The molecule has 1 unspecified atom stereocenters. The molecule has 0 spiro atoms.